The molecule has 82 valence electrons. The van der Waals surface area contributed by atoms with Gasteiger partial charge in [-0.15, -0.1) is 0 Å². The van der Waals surface area contributed by atoms with Crippen LogP contribution in [-0.2, 0) is 4.79 Å². The first-order valence-corrected chi connectivity index (χ1v) is 4.90. The number of nitrogens with one attached hydrogen (secondary N) is 1. The molecule has 1 saturated heterocycles. The first-order valence-electron chi connectivity index (χ1n) is 4.90. The van der Waals surface area contributed by atoms with Crippen molar-refractivity contribution in [2.75, 3.05) is 26.2 Å². The van der Waals surface area contributed by atoms with Crippen LogP contribution in [-0.4, -0.2) is 53.7 Å². The molecule has 0 aliphatic carbocycles. The van der Waals surface area contributed by atoms with E-state index in [1.807, 2.05) is 6.92 Å². The predicted octanol–water partition coefficient (Wildman–Crippen LogP) is -1.48. The average molecular weight is 201 g/mol. The summed E-state index contributed by atoms with van der Waals surface area (Å²) >= 11 is 0. The minimum absolute atomic E-state index is 0.173. The summed E-state index contributed by atoms with van der Waals surface area (Å²) in [4.78, 5) is 13.5. The summed E-state index contributed by atoms with van der Waals surface area (Å²) in [6.07, 6.45) is 0. The highest BCUT2D eigenvalue weighted by atomic mass is 16.3. The Balaban J connectivity index is 2.60. The van der Waals surface area contributed by atoms with E-state index in [0.29, 0.717) is 19.1 Å². The summed E-state index contributed by atoms with van der Waals surface area (Å²) in [5.74, 6) is -0.173. The minimum Gasteiger partial charge on any atom is -0.394 e. The van der Waals surface area contributed by atoms with E-state index in [0.717, 1.165) is 6.54 Å². The zero-order valence-electron chi connectivity index (χ0n) is 8.79. The zero-order chi connectivity index (χ0) is 10.8. The Morgan fingerprint density at radius 2 is 2.43 bits per heavy atom. The molecule has 0 aromatic rings. The second-order valence-electron chi connectivity index (χ2n) is 4.18. The fourth-order valence-corrected chi connectivity index (χ4v) is 1.55. The van der Waals surface area contributed by atoms with Crippen molar-refractivity contribution < 1.29 is 9.90 Å². The third kappa shape index (κ3) is 2.43. The van der Waals surface area contributed by atoms with Gasteiger partial charge in [0.15, 0.2) is 0 Å². The molecule has 1 amide bonds. The monoisotopic (exact) mass is 201 g/mol. The Morgan fingerprint density at radius 3 is 2.93 bits per heavy atom. The van der Waals surface area contributed by atoms with E-state index < -0.39 is 5.54 Å². The van der Waals surface area contributed by atoms with E-state index in [2.05, 4.69) is 5.32 Å². The molecule has 5 nitrogen and oxygen atoms in total. The van der Waals surface area contributed by atoms with E-state index >= 15 is 0 Å². The lowest BCUT2D eigenvalue weighted by Crippen LogP contribution is -2.61. The lowest BCUT2D eigenvalue weighted by Gasteiger charge is -2.36. The normalized spacial score (nSPS) is 27.1. The smallest absolute Gasteiger partial charge is 0.244 e. The number of aliphatic hydroxyl groups excluding tert-OH is 1. The van der Waals surface area contributed by atoms with Crippen molar-refractivity contribution in [3.63, 3.8) is 0 Å². The molecule has 1 fully saturated rings. The Kier molecular flexibility index (Phi) is 3.47. The number of aliphatic hydroxyl groups is 1. The summed E-state index contributed by atoms with van der Waals surface area (Å²) in [5.41, 5.74) is 4.53. The van der Waals surface area contributed by atoms with Crippen molar-refractivity contribution in [3.05, 3.63) is 0 Å². The van der Waals surface area contributed by atoms with Crippen LogP contribution >= 0.6 is 0 Å². The molecular weight excluding hydrogens is 182 g/mol. The largest absolute Gasteiger partial charge is 0.394 e. The number of hydrogen-bond acceptors (Lipinski definition) is 4. The van der Waals surface area contributed by atoms with Gasteiger partial charge >= 0.3 is 0 Å². The molecule has 1 rings (SSSR count). The number of piperazine rings is 1. The van der Waals surface area contributed by atoms with Crippen LogP contribution < -0.4 is 11.1 Å². The Morgan fingerprint density at radius 1 is 1.79 bits per heavy atom. The molecule has 0 spiro atoms. The van der Waals surface area contributed by atoms with Crippen LogP contribution in [0.2, 0.25) is 0 Å². The van der Waals surface area contributed by atoms with Crippen molar-refractivity contribution >= 4 is 5.91 Å². The molecule has 0 saturated carbocycles. The van der Waals surface area contributed by atoms with E-state index in [4.69, 9.17) is 10.8 Å². The molecule has 1 aliphatic heterocycles. The molecule has 0 radical (unpaired) electrons. The van der Waals surface area contributed by atoms with E-state index in [1.54, 1.807) is 11.8 Å². The fourth-order valence-electron chi connectivity index (χ4n) is 1.55. The van der Waals surface area contributed by atoms with Gasteiger partial charge in [-0.25, -0.2) is 0 Å². The first-order chi connectivity index (χ1) is 6.47. The van der Waals surface area contributed by atoms with Crippen LogP contribution in [0.15, 0.2) is 0 Å². The van der Waals surface area contributed by atoms with Crippen LogP contribution in [0.3, 0.4) is 0 Å². The number of nitrogens with two attached hydrogens (primary N) is 1. The highest BCUT2D eigenvalue weighted by molar-refractivity contribution is 5.86. The summed E-state index contributed by atoms with van der Waals surface area (Å²) in [7, 11) is 0. The second-order valence-corrected chi connectivity index (χ2v) is 4.18. The third-order valence-corrected chi connectivity index (χ3v) is 2.47. The van der Waals surface area contributed by atoms with Crippen molar-refractivity contribution in [3.8, 4) is 0 Å². The molecule has 1 aliphatic rings. The highest BCUT2D eigenvalue weighted by Crippen LogP contribution is 2.07. The molecule has 1 heterocycles. The lowest BCUT2D eigenvalue weighted by molar-refractivity contribution is -0.138. The summed E-state index contributed by atoms with van der Waals surface area (Å²) in [6, 6.07) is 0.294. The van der Waals surface area contributed by atoms with Crippen molar-refractivity contribution in [2.24, 2.45) is 5.73 Å². The average Bonchev–Trinajstić information content (AvgIpc) is 2.16. The summed E-state index contributed by atoms with van der Waals surface area (Å²) in [5, 5.41) is 12.2. The SMILES string of the molecule is C[C@@H]1CN(C(=O)C(C)(N)CO)CCN1. The fraction of sp³-hybridized carbons (Fsp3) is 0.889. The third-order valence-electron chi connectivity index (χ3n) is 2.47. The summed E-state index contributed by atoms with van der Waals surface area (Å²) < 4.78 is 0. The van der Waals surface area contributed by atoms with Crippen LogP contribution in [0.4, 0.5) is 0 Å². The number of amides is 1. The first kappa shape index (κ1) is 11.4. The van der Waals surface area contributed by atoms with Crippen molar-refractivity contribution in [2.45, 2.75) is 25.4 Å². The van der Waals surface area contributed by atoms with Crippen LogP contribution in [0, 0.1) is 0 Å². The van der Waals surface area contributed by atoms with Crippen LogP contribution in [0.25, 0.3) is 0 Å². The van der Waals surface area contributed by atoms with Gasteiger partial charge in [-0.1, -0.05) is 0 Å². The van der Waals surface area contributed by atoms with Gasteiger partial charge in [0.1, 0.15) is 5.54 Å². The maximum atomic E-state index is 11.8. The van der Waals surface area contributed by atoms with Gasteiger partial charge < -0.3 is 21.1 Å². The van der Waals surface area contributed by atoms with Gasteiger partial charge in [-0.2, -0.15) is 0 Å². The number of carbonyl (C=O) groups excluding carboxylic acids is 1. The molecule has 2 atom stereocenters. The Bertz CT molecular complexity index is 218. The minimum atomic E-state index is -1.14. The molecule has 0 aromatic heterocycles. The Hall–Kier alpha value is -0.650. The summed E-state index contributed by atoms with van der Waals surface area (Å²) in [6.45, 7) is 5.37. The van der Waals surface area contributed by atoms with E-state index in [1.165, 1.54) is 0 Å². The van der Waals surface area contributed by atoms with Crippen LogP contribution in [0.1, 0.15) is 13.8 Å². The topological polar surface area (TPSA) is 78.6 Å². The molecule has 1 unspecified atom stereocenters. The maximum absolute atomic E-state index is 11.8. The zero-order valence-corrected chi connectivity index (χ0v) is 8.79. The van der Waals surface area contributed by atoms with Gasteiger partial charge in [0.25, 0.3) is 0 Å². The second kappa shape index (κ2) is 4.25. The van der Waals surface area contributed by atoms with Crippen LogP contribution in [0.5, 0.6) is 0 Å². The quantitative estimate of drug-likeness (QED) is 0.509. The standard InChI is InChI=1S/C9H19N3O2/c1-7-5-12(4-3-11-7)8(14)9(2,10)6-13/h7,11,13H,3-6,10H2,1-2H3/t7-,9?/m1/s1. The maximum Gasteiger partial charge on any atom is 0.244 e. The molecular formula is C9H19N3O2. The number of hydrogen-bond donors (Lipinski definition) is 3. The van der Waals surface area contributed by atoms with E-state index in [9.17, 15) is 4.79 Å². The molecule has 0 aromatic carbocycles. The van der Waals surface area contributed by atoms with Gasteiger partial charge in [-0.3, -0.25) is 4.79 Å². The predicted molar refractivity (Wildman–Crippen MR) is 53.7 cm³/mol. The van der Waals surface area contributed by atoms with E-state index in [-0.39, 0.29) is 12.5 Å². The number of nitrogens with zero attached hydrogens (tertiary/aromatic N) is 1. The van der Waals surface area contributed by atoms with Gasteiger partial charge in [0, 0.05) is 25.7 Å². The van der Waals surface area contributed by atoms with Crippen molar-refractivity contribution in [1.82, 2.24) is 10.2 Å². The molecule has 0 bridgehead atoms. The highest BCUT2D eigenvalue weighted by Gasteiger charge is 2.33. The van der Waals surface area contributed by atoms with Crippen molar-refractivity contribution in [1.29, 1.82) is 0 Å². The lowest BCUT2D eigenvalue weighted by atomic mass is 10.0. The molecule has 14 heavy (non-hydrogen) atoms. The molecule has 4 N–H and O–H groups in total. The van der Waals surface area contributed by atoms with Gasteiger partial charge in [0.05, 0.1) is 6.61 Å². The number of carbonyl (C=O) groups is 1. The Labute approximate surface area is 84.3 Å². The van der Waals surface area contributed by atoms with Gasteiger partial charge in [0.2, 0.25) is 5.91 Å². The number of rotatable bonds is 2. The van der Waals surface area contributed by atoms with Gasteiger partial charge in [-0.05, 0) is 13.8 Å². The molecule has 5 heteroatoms.